The highest BCUT2D eigenvalue weighted by Crippen LogP contribution is 2.32. The van der Waals surface area contributed by atoms with Crippen LogP contribution in [-0.2, 0) is 11.3 Å². The zero-order chi connectivity index (χ0) is 19.0. The Kier molecular flexibility index (Phi) is 4.94. The molecule has 1 aromatic carbocycles. The summed E-state index contributed by atoms with van der Waals surface area (Å²) in [6.45, 7) is 5.55. The number of morpholine rings is 1. The zero-order valence-corrected chi connectivity index (χ0v) is 15.6. The maximum atomic E-state index is 13.9. The Balaban J connectivity index is 1.66. The molecule has 2 N–H and O–H groups in total. The molecule has 0 spiro atoms. The number of halogens is 2. The van der Waals surface area contributed by atoms with E-state index in [1.807, 2.05) is 13.0 Å². The molecule has 3 heterocycles. The number of hydrogen-bond acceptors (Lipinski definition) is 4. The molecule has 4 rings (SSSR count). The fourth-order valence-corrected chi connectivity index (χ4v) is 4.27. The molecule has 5 nitrogen and oxygen atoms in total. The number of fused-ring (bicyclic) bond motifs is 1. The first kappa shape index (κ1) is 18.1. The summed E-state index contributed by atoms with van der Waals surface area (Å²) < 4.78 is 33.4. The first-order valence-electron chi connectivity index (χ1n) is 8.69. The Morgan fingerprint density at radius 1 is 1.30 bits per heavy atom. The molecule has 0 saturated carbocycles. The van der Waals surface area contributed by atoms with Crippen molar-refractivity contribution in [3.63, 3.8) is 0 Å². The number of thiophene rings is 1. The molecule has 0 aliphatic carbocycles. The third-order valence-electron chi connectivity index (χ3n) is 4.58. The first-order chi connectivity index (χ1) is 13.0. The van der Waals surface area contributed by atoms with Crippen LogP contribution in [0.1, 0.15) is 20.9 Å². The predicted molar refractivity (Wildman–Crippen MR) is 101 cm³/mol. The van der Waals surface area contributed by atoms with Gasteiger partial charge in [0.15, 0.2) is 0 Å². The zero-order valence-electron chi connectivity index (χ0n) is 14.8. The van der Waals surface area contributed by atoms with Crippen molar-refractivity contribution in [3.05, 3.63) is 52.0 Å². The number of anilines is 1. The minimum absolute atomic E-state index is 0.0483. The standard InChI is InChI=1S/C19H19F2N3O2S/c1-11-8-16-18(27-11)13(10-24-4-6-26-7-5-24)17(22-16)19(25)23-15-3-2-12(20)9-14(15)21/h2-3,8-9,22H,4-7,10H2,1H3,(H,23,25). The van der Waals surface area contributed by atoms with Crippen LogP contribution < -0.4 is 5.32 Å². The molecular formula is C19H19F2N3O2S. The van der Waals surface area contributed by atoms with E-state index >= 15 is 0 Å². The second kappa shape index (κ2) is 7.38. The minimum atomic E-state index is -0.803. The van der Waals surface area contributed by atoms with E-state index < -0.39 is 17.5 Å². The maximum absolute atomic E-state index is 13.9. The van der Waals surface area contributed by atoms with Crippen LogP contribution in [0.25, 0.3) is 10.2 Å². The van der Waals surface area contributed by atoms with E-state index in [4.69, 9.17) is 4.74 Å². The van der Waals surface area contributed by atoms with Gasteiger partial charge in [-0.25, -0.2) is 8.78 Å². The fraction of sp³-hybridized carbons (Fsp3) is 0.316. The topological polar surface area (TPSA) is 57.4 Å². The summed E-state index contributed by atoms with van der Waals surface area (Å²) in [7, 11) is 0. The highest BCUT2D eigenvalue weighted by molar-refractivity contribution is 7.19. The molecule has 0 atom stereocenters. The highest BCUT2D eigenvalue weighted by atomic mass is 32.1. The second-order valence-corrected chi connectivity index (χ2v) is 7.80. The molecule has 1 amide bonds. The summed E-state index contributed by atoms with van der Waals surface area (Å²) >= 11 is 1.62. The number of aromatic nitrogens is 1. The Labute approximate surface area is 158 Å². The quantitative estimate of drug-likeness (QED) is 0.709. The maximum Gasteiger partial charge on any atom is 0.272 e. The van der Waals surface area contributed by atoms with Crippen molar-refractivity contribution in [2.45, 2.75) is 13.5 Å². The lowest BCUT2D eigenvalue weighted by molar-refractivity contribution is 0.0343. The second-order valence-electron chi connectivity index (χ2n) is 6.55. The number of ether oxygens (including phenoxy) is 1. The summed E-state index contributed by atoms with van der Waals surface area (Å²) in [5.74, 6) is -1.93. The van der Waals surface area contributed by atoms with E-state index in [1.54, 1.807) is 11.3 Å². The lowest BCUT2D eigenvalue weighted by Gasteiger charge is -2.26. The van der Waals surface area contributed by atoms with Crippen molar-refractivity contribution in [1.82, 2.24) is 9.88 Å². The van der Waals surface area contributed by atoms with Crippen molar-refractivity contribution in [2.24, 2.45) is 0 Å². The molecule has 1 aliphatic rings. The molecule has 1 fully saturated rings. The van der Waals surface area contributed by atoms with Crippen LogP contribution in [0.2, 0.25) is 0 Å². The van der Waals surface area contributed by atoms with Crippen LogP contribution in [0.4, 0.5) is 14.5 Å². The van der Waals surface area contributed by atoms with Gasteiger partial charge in [-0.3, -0.25) is 9.69 Å². The molecule has 142 valence electrons. The van der Waals surface area contributed by atoms with Gasteiger partial charge in [-0.05, 0) is 25.1 Å². The summed E-state index contributed by atoms with van der Waals surface area (Å²) in [5.41, 5.74) is 2.15. The monoisotopic (exact) mass is 391 g/mol. The van der Waals surface area contributed by atoms with Gasteiger partial charge in [0.05, 0.1) is 29.1 Å². The van der Waals surface area contributed by atoms with Crippen molar-refractivity contribution < 1.29 is 18.3 Å². The van der Waals surface area contributed by atoms with Crippen molar-refractivity contribution in [2.75, 3.05) is 31.6 Å². The van der Waals surface area contributed by atoms with Gasteiger partial charge in [0, 0.05) is 36.1 Å². The van der Waals surface area contributed by atoms with Crippen LogP contribution >= 0.6 is 11.3 Å². The number of benzene rings is 1. The molecule has 1 saturated heterocycles. The number of hydrogen-bond donors (Lipinski definition) is 2. The van der Waals surface area contributed by atoms with Crippen LogP contribution in [0.5, 0.6) is 0 Å². The number of amides is 1. The smallest absolute Gasteiger partial charge is 0.272 e. The summed E-state index contributed by atoms with van der Waals surface area (Å²) in [6, 6.07) is 5.09. The normalized spacial score (nSPS) is 15.4. The minimum Gasteiger partial charge on any atom is -0.379 e. The fourth-order valence-electron chi connectivity index (χ4n) is 3.26. The van der Waals surface area contributed by atoms with Crippen molar-refractivity contribution in [3.8, 4) is 0 Å². The molecule has 0 radical (unpaired) electrons. The van der Waals surface area contributed by atoms with Gasteiger partial charge in [-0.15, -0.1) is 11.3 Å². The summed E-state index contributed by atoms with van der Waals surface area (Å²) in [6.07, 6.45) is 0. The molecular weight excluding hydrogens is 372 g/mol. The van der Waals surface area contributed by atoms with E-state index in [0.717, 1.165) is 45.9 Å². The Bertz CT molecular complexity index is 992. The third-order valence-corrected chi connectivity index (χ3v) is 5.69. The highest BCUT2D eigenvalue weighted by Gasteiger charge is 2.23. The van der Waals surface area contributed by atoms with Gasteiger partial charge in [0.1, 0.15) is 17.3 Å². The Morgan fingerprint density at radius 2 is 2.07 bits per heavy atom. The Morgan fingerprint density at radius 3 is 2.81 bits per heavy atom. The van der Waals surface area contributed by atoms with Crippen LogP contribution in [0.15, 0.2) is 24.3 Å². The molecule has 8 heteroatoms. The van der Waals surface area contributed by atoms with Gasteiger partial charge in [0.25, 0.3) is 5.91 Å². The average molecular weight is 391 g/mol. The number of H-pyrrole nitrogens is 1. The molecule has 0 bridgehead atoms. The molecule has 27 heavy (non-hydrogen) atoms. The molecule has 2 aromatic heterocycles. The Hall–Kier alpha value is -2.29. The summed E-state index contributed by atoms with van der Waals surface area (Å²) in [4.78, 5) is 19.4. The molecule has 1 aliphatic heterocycles. The van der Waals surface area contributed by atoms with Gasteiger partial charge in [-0.1, -0.05) is 0 Å². The van der Waals surface area contributed by atoms with Gasteiger partial charge in [-0.2, -0.15) is 0 Å². The SMILES string of the molecule is Cc1cc2[nH]c(C(=O)Nc3ccc(F)cc3F)c(CN3CCOCC3)c2s1. The average Bonchev–Trinajstić information content (AvgIpc) is 3.15. The van der Waals surface area contributed by atoms with E-state index in [2.05, 4.69) is 15.2 Å². The van der Waals surface area contributed by atoms with E-state index in [-0.39, 0.29) is 5.69 Å². The molecule has 3 aromatic rings. The lowest BCUT2D eigenvalue weighted by Crippen LogP contribution is -2.36. The number of rotatable bonds is 4. The van der Waals surface area contributed by atoms with E-state index in [9.17, 15) is 13.6 Å². The number of aromatic amines is 1. The summed E-state index contributed by atoms with van der Waals surface area (Å²) in [5, 5.41) is 2.55. The third kappa shape index (κ3) is 3.73. The van der Waals surface area contributed by atoms with E-state index in [1.165, 1.54) is 6.07 Å². The number of carbonyl (C=O) groups is 1. The van der Waals surface area contributed by atoms with Gasteiger partial charge in [0.2, 0.25) is 0 Å². The number of aryl methyl sites for hydroxylation is 1. The van der Waals surface area contributed by atoms with Gasteiger partial charge < -0.3 is 15.0 Å². The predicted octanol–water partition coefficient (Wildman–Crippen LogP) is 3.90. The molecule has 0 unspecified atom stereocenters. The number of nitrogens with one attached hydrogen (secondary N) is 2. The first-order valence-corrected chi connectivity index (χ1v) is 9.50. The van der Waals surface area contributed by atoms with Crippen LogP contribution in [0.3, 0.4) is 0 Å². The van der Waals surface area contributed by atoms with Crippen molar-refractivity contribution >= 4 is 33.1 Å². The number of nitrogens with zero attached hydrogens (tertiary/aromatic N) is 1. The van der Waals surface area contributed by atoms with E-state index in [0.29, 0.717) is 25.5 Å². The van der Waals surface area contributed by atoms with Crippen LogP contribution in [-0.4, -0.2) is 42.1 Å². The number of carbonyl (C=O) groups excluding carboxylic acids is 1. The van der Waals surface area contributed by atoms with Crippen molar-refractivity contribution in [1.29, 1.82) is 0 Å². The van der Waals surface area contributed by atoms with Gasteiger partial charge >= 0.3 is 0 Å². The van der Waals surface area contributed by atoms with Crippen LogP contribution in [0, 0.1) is 18.6 Å². The largest absolute Gasteiger partial charge is 0.379 e. The lowest BCUT2D eigenvalue weighted by atomic mass is 10.2.